The Labute approximate surface area is 137 Å². The van der Waals surface area contributed by atoms with E-state index in [0.717, 1.165) is 28.2 Å². The van der Waals surface area contributed by atoms with Crippen LogP contribution < -0.4 is 14.8 Å². The molecule has 4 nitrogen and oxygen atoms in total. The van der Waals surface area contributed by atoms with Crippen LogP contribution in [0.3, 0.4) is 0 Å². The summed E-state index contributed by atoms with van der Waals surface area (Å²) < 4.78 is 10.6. The molecule has 0 saturated heterocycles. The van der Waals surface area contributed by atoms with Gasteiger partial charge in [0.15, 0.2) is 0 Å². The van der Waals surface area contributed by atoms with Crippen LogP contribution in [0.2, 0.25) is 0 Å². The molecule has 23 heavy (non-hydrogen) atoms. The molecule has 1 N–H and O–H groups in total. The second kappa shape index (κ2) is 7.18. The summed E-state index contributed by atoms with van der Waals surface area (Å²) in [6.07, 6.45) is 0. The Morgan fingerprint density at radius 2 is 1.78 bits per heavy atom. The molecule has 122 valence electrons. The molecule has 0 bridgehead atoms. The van der Waals surface area contributed by atoms with Crippen molar-refractivity contribution in [2.24, 2.45) is 0 Å². The SMILES string of the molecule is COc1ccc(OC)c(C(C)NC(=O)c2ccc(C)cc2C)c1. The summed E-state index contributed by atoms with van der Waals surface area (Å²) in [5.41, 5.74) is 3.67. The van der Waals surface area contributed by atoms with Crippen molar-refractivity contribution in [3.8, 4) is 11.5 Å². The number of hydrogen-bond acceptors (Lipinski definition) is 3. The van der Waals surface area contributed by atoms with Gasteiger partial charge in [-0.1, -0.05) is 17.7 Å². The van der Waals surface area contributed by atoms with Gasteiger partial charge in [0, 0.05) is 11.1 Å². The zero-order valence-corrected chi connectivity index (χ0v) is 14.3. The number of rotatable bonds is 5. The number of nitrogens with one attached hydrogen (secondary N) is 1. The Morgan fingerprint density at radius 1 is 1.04 bits per heavy atom. The van der Waals surface area contributed by atoms with Gasteiger partial charge in [0.05, 0.1) is 20.3 Å². The largest absolute Gasteiger partial charge is 0.497 e. The monoisotopic (exact) mass is 313 g/mol. The van der Waals surface area contributed by atoms with Crippen LogP contribution in [0.25, 0.3) is 0 Å². The highest BCUT2D eigenvalue weighted by Gasteiger charge is 2.17. The third kappa shape index (κ3) is 3.83. The normalized spacial score (nSPS) is 11.7. The van der Waals surface area contributed by atoms with Gasteiger partial charge < -0.3 is 14.8 Å². The van der Waals surface area contributed by atoms with Crippen molar-refractivity contribution in [2.75, 3.05) is 14.2 Å². The summed E-state index contributed by atoms with van der Waals surface area (Å²) in [4.78, 5) is 12.5. The number of carbonyl (C=O) groups excluding carboxylic acids is 1. The van der Waals surface area contributed by atoms with Gasteiger partial charge in [0.2, 0.25) is 0 Å². The molecule has 0 aromatic heterocycles. The quantitative estimate of drug-likeness (QED) is 0.913. The van der Waals surface area contributed by atoms with Crippen molar-refractivity contribution >= 4 is 5.91 Å². The summed E-state index contributed by atoms with van der Waals surface area (Å²) in [6, 6.07) is 11.2. The van der Waals surface area contributed by atoms with Gasteiger partial charge in [-0.25, -0.2) is 0 Å². The number of amides is 1. The predicted molar refractivity (Wildman–Crippen MR) is 91.3 cm³/mol. The molecule has 1 amide bonds. The van der Waals surface area contributed by atoms with Crippen molar-refractivity contribution in [1.82, 2.24) is 5.32 Å². The molecule has 0 aliphatic carbocycles. The van der Waals surface area contributed by atoms with E-state index >= 15 is 0 Å². The molecular formula is C19H23NO3. The van der Waals surface area contributed by atoms with Crippen molar-refractivity contribution in [3.05, 3.63) is 58.7 Å². The lowest BCUT2D eigenvalue weighted by molar-refractivity contribution is 0.0939. The van der Waals surface area contributed by atoms with Gasteiger partial charge in [-0.15, -0.1) is 0 Å². The topological polar surface area (TPSA) is 47.6 Å². The van der Waals surface area contributed by atoms with E-state index in [2.05, 4.69) is 5.32 Å². The maximum Gasteiger partial charge on any atom is 0.252 e. The Bertz CT molecular complexity index is 710. The first-order valence-corrected chi connectivity index (χ1v) is 7.56. The van der Waals surface area contributed by atoms with Crippen LogP contribution in [-0.4, -0.2) is 20.1 Å². The molecular weight excluding hydrogens is 290 g/mol. The summed E-state index contributed by atoms with van der Waals surface area (Å²) in [5.74, 6) is 1.35. The lowest BCUT2D eigenvalue weighted by Gasteiger charge is -2.19. The van der Waals surface area contributed by atoms with E-state index in [0.29, 0.717) is 5.56 Å². The van der Waals surface area contributed by atoms with Gasteiger partial charge in [0.25, 0.3) is 5.91 Å². The Hall–Kier alpha value is -2.49. The number of methoxy groups -OCH3 is 2. The second-order valence-electron chi connectivity index (χ2n) is 5.62. The van der Waals surface area contributed by atoms with Gasteiger partial charge in [0.1, 0.15) is 11.5 Å². The van der Waals surface area contributed by atoms with E-state index in [9.17, 15) is 4.79 Å². The summed E-state index contributed by atoms with van der Waals surface area (Å²) in [5, 5.41) is 3.02. The molecule has 0 aliphatic rings. The highest BCUT2D eigenvalue weighted by Crippen LogP contribution is 2.29. The minimum atomic E-state index is -0.201. The lowest BCUT2D eigenvalue weighted by atomic mass is 10.0. The van der Waals surface area contributed by atoms with Gasteiger partial charge in [-0.2, -0.15) is 0 Å². The van der Waals surface area contributed by atoms with E-state index in [4.69, 9.17) is 9.47 Å². The molecule has 0 radical (unpaired) electrons. The average molecular weight is 313 g/mol. The molecule has 4 heteroatoms. The maximum atomic E-state index is 12.5. The fourth-order valence-electron chi connectivity index (χ4n) is 2.60. The molecule has 1 atom stereocenters. The Kier molecular flexibility index (Phi) is 5.27. The minimum Gasteiger partial charge on any atom is -0.497 e. The molecule has 1 unspecified atom stereocenters. The summed E-state index contributed by atoms with van der Waals surface area (Å²) in [6.45, 7) is 5.88. The highest BCUT2D eigenvalue weighted by molar-refractivity contribution is 5.96. The first-order chi connectivity index (χ1) is 11.0. The van der Waals surface area contributed by atoms with Crippen molar-refractivity contribution in [1.29, 1.82) is 0 Å². The van der Waals surface area contributed by atoms with E-state index in [1.807, 2.05) is 57.2 Å². The van der Waals surface area contributed by atoms with Crippen molar-refractivity contribution in [3.63, 3.8) is 0 Å². The molecule has 2 aromatic carbocycles. The third-order valence-electron chi connectivity index (χ3n) is 3.88. The number of carbonyl (C=O) groups is 1. The third-order valence-corrected chi connectivity index (χ3v) is 3.88. The van der Waals surface area contributed by atoms with E-state index in [-0.39, 0.29) is 11.9 Å². The fourth-order valence-corrected chi connectivity index (χ4v) is 2.60. The molecule has 0 aliphatic heterocycles. The van der Waals surface area contributed by atoms with Crippen LogP contribution >= 0.6 is 0 Å². The lowest BCUT2D eigenvalue weighted by Crippen LogP contribution is -2.27. The van der Waals surface area contributed by atoms with Crippen LogP contribution in [0.15, 0.2) is 36.4 Å². The standard InChI is InChI=1S/C19H23NO3/c1-12-6-8-16(13(2)10-12)19(21)20-14(3)17-11-15(22-4)7-9-18(17)23-5/h6-11,14H,1-5H3,(H,20,21). The minimum absolute atomic E-state index is 0.0973. The number of ether oxygens (including phenoxy) is 2. The second-order valence-corrected chi connectivity index (χ2v) is 5.62. The van der Waals surface area contributed by atoms with Crippen molar-refractivity contribution < 1.29 is 14.3 Å². The number of hydrogen-bond donors (Lipinski definition) is 1. The first kappa shape index (κ1) is 16.9. The van der Waals surface area contributed by atoms with E-state index in [1.165, 1.54) is 0 Å². The molecule has 2 aromatic rings. The molecule has 0 spiro atoms. The average Bonchev–Trinajstić information content (AvgIpc) is 2.53. The molecule has 0 saturated carbocycles. The van der Waals surface area contributed by atoms with Gasteiger partial charge >= 0.3 is 0 Å². The highest BCUT2D eigenvalue weighted by atomic mass is 16.5. The van der Waals surface area contributed by atoms with Gasteiger partial charge in [-0.05, 0) is 50.6 Å². The first-order valence-electron chi connectivity index (χ1n) is 7.56. The number of aryl methyl sites for hydroxylation is 2. The van der Waals surface area contributed by atoms with Crippen LogP contribution in [-0.2, 0) is 0 Å². The zero-order valence-electron chi connectivity index (χ0n) is 14.3. The smallest absolute Gasteiger partial charge is 0.252 e. The van der Waals surface area contributed by atoms with Crippen LogP contribution in [0.4, 0.5) is 0 Å². The zero-order chi connectivity index (χ0) is 17.0. The maximum absolute atomic E-state index is 12.5. The summed E-state index contributed by atoms with van der Waals surface area (Å²) in [7, 11) is 3.23. The van der Waals surface area contributed by atoms with E-state index < -0.39 is 0 Å². The molecule has 2 rings (SSSR count). The van der Waals surface area contributed by atoms with E-state index in [1.54, 1.807) is 14.2 Å². The predicted octanol–water partition coefficient (Wildman–Crippen LogP) is 3.81. The fraction of sp³-hybridized carbons (Fsp3) is 0.316. The molecule has 0 fully saturated rings. The Morgan fingerprint density at radius 3 is 2.39 bits per heavy atom. The van der Waals surface area contributed by atoms with Crippen molar-refractivity contribution in [2.45, 2.75) is 26.8 Å². The number of benzene rings is 2. The summed E-state index contributed by atoms with van der Waals surface area (Å²) >= 11 is 0. The van der Waals surface area contributed by atoms with Crippen LogP contribution in [0, 0.1) is 13.8 Å². The van der Waals surface area contributed by atoms with Gasteiger partial charge in [-0.3, -0.25) is 4.79 Å². The Balaban J connectivity index is 2.24. The molecule has 0 heterocycles. The van der Waals surface area contributed by atoms with Crippen LogP contribution in [0.5, 0.6) is 11.5 Å². The van der Waals surface area contributed by atoms with Crippen LogP contribution in [0.1, 0.15) is 40.0 Å².